The lowest BCUT2D eigenvalue weighted by molar-refractivity contribution is -0.155. The van der Waals surface area contributed by atoms with Gasteiger partial charge in [0.1, 0.15) is 12.1 Å². The molecule has 0 aromatic carbocycles. The molecule has 1 radical (unpaired) electrons. The minimum atomic E-state index is -0.992. The van der Waals surface area contributed by atoms with Crippen LogP contribution in [0.1, 0.15) is 79.6 Å². The van der Waals surface area contributed by atoms with Crippen molar-refractivity contribution in [2.24, 2.45) is 35.5 Å². The lowest BCUT2D eigenvalue weighted by Crippen LogP contribution is -2.58. The van der Waals surface area contributed by atoms with Gasteiger partial charge in [-0.1, -0.05) is 39.2 Å². The SMILES string of the molecule is CCOC(=O)C1CC2CCCCC2CN1CC(C)[C@@H]1CC[C@@H](C)[C@]2(O)[CH][C@@H](OC(C)=O)C(C)=C[C@H]12. The van der Waals surface area contributed by atoms with Gasteiger partial charge in [0.2, 0.25) is 0 Å². The second kappa shape index (κ2) is 10.9. The van der Waals surface area contributed by atoms with Crippen LogP contribution < -0.4 is 0 Å². The standard InChI is InChI=1S/C29H46NO5/c1-6-34-28(32)26-14-22-9-7-8-10-23(22)17-30(26)16-19(3)24-12-11-20(4)29(33)15-27(35-21(5)31)18(2)13-25(24)29/h13,15,19-20,22-27,33H,6-12,14,16-17H2,1-5H3/t19?,20-,22?,23?,24+,25-,26?,27-,29-/m1/s1. The van der Waals surface area contributed by atoms with Crippen LogP contribution in [0.3, 0.4) is 0 Å². The number of esters is 2. The van der Waals surface area contributed by atoms with E-state index in [1.54, 1.807) is 0 Å². The van der Waals surface area contributed by atoms with E-state index in [1.807, 2.05) is 20.3 Å². The Labute approximate surface area is 211 Å². The molecule has 1 saturated heterocycles. The second-order valence-electron chi connectivity index (χ2n) is 11.9. The zero-order valence-corrected chi connectivity index (χ0v) is 22.4. The van der Waals surface area contributed by atoms with E-state index in [0.29, 0.717) is 30.3 Å². The molecule has 1 heterocycles. The zero-order chi connectivity index (χ0) is 25.3. The van der Waals surface area contributed by atoms with Crippen LogP contribution in [0.5, 0.6) is 0 Å². The Balaban J connectivity index is 1.53. The number of likely N-dealkylation sites (tertiary alicyclic amines) is 1. The highest BCUT2D eigenvalue weighted by atomic mass is 16.5. The summed E-state index contributed by atoms with van der Waals surface area (Å²) in [5.41, 5.74) is 0.00172. The van der Waals surface area contributed by atoms with Gasteiger partial charge in [0.05, 0.1) is 12.2 Å². The first-order valence-corrected chi connectivity index (χ1v) is 14.0. The summed E-state index contributed by atoms with van der Waals surface area (Å²) in [7, 11) is 0. The summed E-state index contributed by atoms with van der Waals surface area (Å²) in [6, 6.07) is -0.151. The number of piperidine rings is 1. The van der Waals surface area contributed by atoms with Crippen LogP contribution in [0.25, 0.3) is 0 Å². The first-order chi connectivity index (χ1) is 16.6. The minimum Gasteiger partial charge on any atom is -0.465 e. The Morgan fingerprint density at radius 3 is 2.60 bits per heavy atom. The number of aliphatic hydroxyl groups is 1. The third kappa shape index (κ3) is 5.49. The smallest absolute Gasteiger partial charge is 0.323 e. The largest absolute Gasteiger partial charge is 0.465 e. The normalized spacial score (nSPS) is 40.6. The molecule has 197 valence electrons. The molecule has 3 fully saturated rings. The summed E-state index contributed by atoms with van der Waals surface area (Å²) in [6.45, 7) is 11.9. The summed E-state index contributed by atoms with van der Waals surface area (Å²) in [4.78, 5) is 27.0. The maximum atomic E-state index is 13.0. The number of fused-ring (bicyclic) bond motifs is 2. The fourth-order valence-corrected chi connectivity index (χ4v) is 7.64. The van der Waals surface area contributed by atoms with Crippen LogP contribution in [0.4, 0.5) is 0 Å². The fourth-order valence-electron chi connectivity index (χ4n) is 7.64. The number of carbonyl (C=O) groups excluding carboxylic acids is 2. The molecule has 9 atom stereocenters. The van der Waals surface area contributed by atoms with Crippen molar-refractivity contribution in [3.8, 4) is 0 Å². The first-order valence-electron chi connectivity index (χ1n) is 14.0. The summed E-state index contributed by atoms with van der Waals surface area (Å²) in [6.07, 6.45) is 11.6. The molecule has 4 rings (SSSR count). The predicted molar refractivity (Wildman–Crippen MR) is 135 cm³/mol. The Bertz CT molecular complexity index is 811. The molecule has 2 saturated carbocycles. The molecule has 6 heteroatoms. The van der Waals surface area contributed by atoms with Crippen LogP contribution in [-0.4, -0.2) is 59.4 Å². The summed E-state index contributed by atoms with van der Waals surface area (Å²) >= 11 is 0. The molecule has 0 bridgehead atoms. The third-order valence-electron chi connectivity index (χ3n) is 9.63. The van der Waals surface area contributed by atoms with E-state index in [1.165, 1.54) is 32.6 Å². The molecule has 3 aliphatic carbocycles. The highest BCUT2D eigenvalue weighted by molar-refractivity contribution is 5.76. The van der Waals surface area contributed by atoms with Crippen molar-refractivity contribution in [3.63, 3.8) is 0 Å². The topological polar surface area (TPSA) is 76.1 Å². The van der Waals surface area contributed by atoms with Gasteiger partial charge in [-0.2, -0.15) is 0 Å². The molecule has 6 nitrogen and oxygen atoms in total. The van der Waals surface area contributed by atoms with Crippen molar-refractivity contribution in [1.82, 2.24) is 4.90 Å². The molecule has 35 heavy (non-hydrogen) atoms. The Hall–Kier alpha value is -1.40. The van der Waals surface area contributed by atoms with Crippen LogP contribution in [0.15, 0.2) is 11.6 Å². The van der Waals surface area contributed by atoms with Crippen molar-refractivity contribution < 1.29 is 24.2 Å². The van der Waals surface area contributed by atoms with Crippen molar-refractivity contribution in [2.45, 2.75) is 97.3 Å². The molecule has 0 spiro atoms. The van der Waals surface area contributed by atoms with Crippen LogP contribution >= 0.6 is 0 Å². The van der Waals surface area contributed by atoms with E-state index in [4.69, 9.17) is 9.47 Å². The Kier molecular flexibility index (Phi) is 8.32. The highest BCUT2D eigenvalue weighted by Crippen LogP contribution is 2.51. The van der Waals surface area contributed by atoms with Crippen LogP contribution in [-0.2, 0) is 19.1 Å². The average Bonchev–Trinajstić information content (AvgIpc) is 2.80. The molecule has 0 aromatic heterocycles. The van der Waals surface area contributed by atoms with Crippen molar-refractivity contribution in [3.05, 3.63) is 18.1 Å². The Morgan fingerprint density at radius 1 is 1.20 bits per heavy atom. The van der Waals surface area contributed by atoms with Gasteiger partial charge in [0.15, 0.2) is 0 Å². The van der Waals surface area contributed by atoms with E-state index < -0.39 is 11.7 Å². The average molecular weight is 489 g/mol. The van der Waals surface area contributed by atoms with Gasteiger partial charge in [-0.15, -0.1) is 0 Å². The maximum Gasteiger partial charge on any atom is 0.323 e. The summed E-state index contributed by atoms with van der Waals surface area (Å²) < 4.78 is 11.0. The second-order valence-corrected chi connectivity index (χ2v) is 11.9. The van der Waals surface area contributed by atoms with Gasteiger partial charge in [-0.25, -0.2) is 0 Å². The first kappa shape index (κ1) is 26.7. The van der Waals surface area contributed by atoms with E-state index in [-0.39, 0.29) is 29.8 Å². The lowest BCUT2D eigenvalue weighted by atomic mass is 9.56. The quantitative estimate of drug-likeness (QED) is 0.436. The van der Waals surface area contributed by atoms with Crippen LogP contribution in [0, 0.1) is 41.9 Å². The van der Waals surface area contributed by atoms with Gasteiger partial charge in [-0.3, -0.25) is 14.5 Å². The molecular formula is C29H46NO5. The number of hydrogen-bond donors (Lipinski definition) is 1. The summed E-state index contributed by atoms with van der Waals surface area (Å²) in [5.74, 6) is 1.63. The van der Waals surface area contributed by atoms with E-state index in [9.17, 15) is 14.7 Å². The van der Waals surface area contributed by atoms with E-state index in [2.05, 4.69) is 24.8 Å². The molecule has 4 unspecified atom stereocenters. The monoisotopic (exact) mass is 488 g/mol. The van der Waals surface area contributed by atoms with E-state index >= 15 is 0 Å². The summed E-state index contributed by atoms with van der Waals surface area (Å²) in [5, 5.41) is 11.9. The van der Waals surface area contributed by atoms with Gasteiger partial charge in [0.25, 0.3) is 0 Å². The molecule has 1 N–H and O–H groups in total. The molecule has 0 amide bonds. The number of carbonyl (C=O) groups is 2. The van der Waals surface area contributed by atoms with E-state index in [0.717, 1.165) is 37.9 Å². The van der Waals surface area contributed by atoms with Crippen molar-refractivity contribution in [2.75, 3.05) is 19.7 Å². The molecule has 1 aliphatic heterocycles. The predicted octanol–water partition coefficient (Wildman–Crippen LogP) is 4.56. The van der Waals surface area contributed by atoms with Gasteiger partial charge in [-0.05, 0) is 74.7 Å². The zero-order valence-electron chi connectivity index (χ0n) is 22.4. The van der Waals surface area contributed by atoms with Gasteiger partial charge < -0.3 is 14.6 Å². The maximum absolute atomic E-state index is 13.0. The van der Waals surface area contributed by atoms with Crippen LogP contribution in [0.2, 0.25) is 0 Å². The third-order valence-corrected chi connectivity index (χ3v) is 9.63. The lowest BCUT2D eigenvalue weighted by Gasteiger charge is -2.53. The number of nitrogens with zero attached hydrogens (tertiary/aromatic N) is 1. The minimum absolute atomic E-state index is 0.0127. The van der Waals surface area contributed by atoms with Gasteiger partial charge in [0, 0.05) is 32.4 Å². The number of rotatable bonds is 6. The molecule has 4 aliphatic rings. The van der Waals surface area contributed by atoms with Crippen molar-refractivity contribution >= 4 is 11.9 Å². The van der Waals surface area contributed by atoms with Gasteiger partial charge >= 0.3 is 11.9 Å². The molecular weight excluding hydrogens is 442 g/mol. The highest BCUT2D eigenvalue weighted by Gasteiger charge is 2.53. The molecule has 0 aromatic rings. The van der Waals surface area contributed by atoms with Crippen molar-refractivity contribution in [1.29, 1.82) is 0 Å². The fraction of sp³-hybridized carbons (Fsp3) is 0.828. The number of ether oxygens (including phenoxy) is 2. The Morgan fingerprint density at radius 2 is 1.91 bits per heavy atom. The number of hydrogen-bond acceptors (Lipinski definition) is 6.